The first-order valence-corrected chi connectivity index (χ1v) is 7.60. The highest BCUT2D eigenvalue weighted by Gasteiger charge is 2.30. The molecule has 3 rings (SSSR count). The van der Waals surface area contributed by atoms with Crippen LogP contribution in [0.15, 0.2) is 24.3 Å². The highest BCUT2D eigenvalue weighted by molar-refractivity contribution is 7.13. The summed E-state index contributed by atoms with van der Waals surface area (Å²) < 4.78 is 10.8. The molecule has 5 nitrogen and oxygen atoms in total. The number of hydrogen-bond acceptors (Lipinski definition) is 5. The molecule has 0 aliphatic heterocycles. The molecule has 1 aromatic heterocycles. The average molecular weight is 303 g/mol. The number of thiazole rings is 1. The third-order valence-corrected chi connectivity index (χ3v) is 4.41. The van der Waals surface area contributed by atoms with Gasteiger partial charge in [0.1, 0.15) is 28.9 Å². The van der Waals surface area contributed by atoms with Crippen LogP contribution in [-0.4, -0.2) is 17.9 Å². The monoisotopic (exact) mass is 303 g/mol. The number of nitrogens with zero attached hydrogens (tertiary/aromatic N) is 1. The lowest BCUT2D eigenvalue weighted by Crippen LogP contribution is -2.11. The zero-order valence-electron chi connectivity index (χ0n) is 11.8. The van der Waals surface area contributed by atoms with Crippen molar-refractivity contribution in [3.8, 4) is 11.5 Å². The first-order valence-electron chi connectivity index (χ1n) is 6.78. The van der Waals surface area contributed by atoms with Crippen LogP contribution in [0.2, 0.25) is 0 Å². The van der Waals surface area contributed by atoms with Gasteiger partial charge in [-0.3, -0.25) is 5.41 Å². The van der Waals surface area contributed by atoms with Gasteiger partial charge in [-0.2, -0.15) is 0 Å². The molecule has 0 bridgehead atoms. The zero-order chi connectivity index (χ0) is 14.8. The van der Waals surface area contributed by atoms with E-state index in [1.807, 2.05) is 24.3 Å². The predicted molar refractivity (Wildman–Crippen MR) is 82.4 cm³/mol. The second-order valence-corrected chi connectivity index (χ2v) is 6.06. The Morgan fingerprint density at radius 1 is 1.33 bits per heavy atom. The Labute approximate surface area is 127 Å². The number of amidine groups is 1. The van der Waals surface area contributed by atoms with Gasteiger partial charge < -0.3 is 15.2 Å². The van der Waals surface area contributed by atoms with Crippen molar-refractivity contribution >= 4 is 17.2 Å². The van der Waals surface area contributed by atoms with Gasteiger partial charge in [-0.15, -0.1) is 11.3 Å². The van der Waals surface area contributed by atoms with Gasteiger partial charge in [0.15, 0.2) is 0 Å². The number of methoxy groups -OCH3 is 1. The number of nitrogens with two attached hydrogens (primary N) is 1. The number of hydrogen-bond donors (Lipinski definition) is 2. The second kappa shape index (κ2) is 5.73. The van der Waals surface area contributed by atoms with Crippen molar-refractivity contribution in [3.05, 3.63) is 39.8 Å². The van der Waals surface area contributed by atoms with Crippen molar-refractivity contribution in [2.24, 2.45) is 5.73 Å². The molecule has 0 radical (unpaired) electrons. The van der Waals surface area contributed by atoms with Crippen LogP contribution in [-0.2, 0) is 6.61 Å². The van der Waals surface area contributed by atoms with E-state index < -0.39 is 0 Å². The maximum Gasteiger partial charge on any atom is 0.140 e. The minimum Gasteiger partial charge on any atom is -0.497 e. The first-order chi connectivity index (χ1) is 10.2. The van der Waals surface area contributed by atoms with E-state index in [2.05, 4.69) is 4.98 Å². The summed E-state index contributed by atoms with van der Waals surface area (Å²) >= 11 is 1.45. The molecule has 1 aliphatic rings. The number of ether oxygens (including phenoxy) is 2. The normalized spacial score (nSPS) is 14.0. The molecule has 0 unspecified atom stereocenters. The third kappa shape index (κ3) is 3.16. The Balaban J connectivity index is 1.69. The Hall–Kier alpha value is -2.08. The van der Waals surface area contributed by atoms with Gasteiger partial charge >= 0.3 is 0 Å². The van der Waals surface area contributed by atoms with E-state index in [1.165, 1.54) is 11.3 Å². The molecule has 0 saturated heterocycles. The average Bonchev–Trinajstić information content (AvgIpc) is 3.25. The highest BCUT2D eigenvalue weighted by atomic mass is 32.1. The summed E-state index contributed by atoms with van der Waals surface area (Å²) in [6, 6.07) is 7.43. The van der Waals surface area contributed by atoms with E-state index >= 15 is 0 Å². The van der Waals surface area contributed by atoms with Crippen LogP contribution in [0.4, 0.5) is 0 Å². The Morgan fingerprint density at radius 2 is 2.00 bits per heavy atom. The third-order valence-electron chi connectivity index (χ3n) is 3.33. The van der Waals surface area contributed by atoms with Gasteiger partial charge in [-0.1, -0.05) is 0 Å². The summed E-state index contributed by atoms with van der Waals surface area (Å²) in [6.07, 6.45) is 2.28. The standard InChI is InChI=1S/C15H17N3O2S/c1-19-10-4-6-11(7-5-10)20-8-12-18-13(9-2-3-9)14(21-12)15(16)17/h4-7,9H,2-3,8H2,1H3,(H3,16,17). The molecular weight excluding hydrogens is 286 g/mol. The van der Waals surface area contributed by atoms with Gasteiger partial charge in [-0.05, 0) is 37.1 Å². The van der Waals surface area contributed by atoms with Crippen molar-refractivity contribution in [2.75, 3.05) is 7.11 Å². The minimum atomic E-state index is 0.102. The molecule has 1 fully saturated rings. The van der Waals surface area contributed by atoms with Gasteiger partial charge in [0.2, 0.25) is 0 Å². The maximum absolute atomic E-state index is 7.65. The number of nitrogen functional groups attached to an aromatic ring is 1. The smallest absolute Gasteiger partial charge is 0.140 e. The zero-order valence-corrected chi connectivity index (χ0v) is 12.6. The van der Waals surface area contributed by atoms with Crippen LogP contribution in [0, 0.1) is 5.41 Å². The van der Waals surface area contributed by atoms with Crippen LogP contribution in [0.25, 0.3) is 0 Å². The molecule has 6 heteroatoms. The fraction of sp³-hybridized carbons (Fsp3) is 0.333. The summed E-state index contributed by atoms with van der Waals surface area (Å²) in [4.78, 5) is 5.39. The number of nitrogens with one attached hydrogen (secondary N) is 1. The van der Waals surface area contributed by atoms with Crippen molar-refractivity contribution in [2.45, 2.75) is 25.4 Å². The highest BCUT2D eigenvalue weighted by Crippen LogP contribution is 2.42. The Bertz CT molecular complexity index is 647. The van der Waals surface area contributed by atoms with Crippen molar-refractivity contribution in [3.63, 3.8) is 0 Å². The van der Waals surface area contributed by atoms with E-state index in [-0.39, 0.29) is 5.84 Å². The molecule has 1 aliphatic carbocycles. The number of aromatic nitrogens is 1. The second-order valence-electron chi connectivity index (χ2n) is 4.97. The van der Waals surface area contributed by atoms with Crippen LogP contribution in [0.3, 0.4) is 0 Å². The van der Waals surface area contributed by atoms with Crippen LogP contribution >= 0.6 is 11.3 Å². The van der Waals surface area contributed by atoms with Crippen molar-refractivity contribution < 1.29 is 9.47 Å². The fourth-order valence-corrected chi connectivity index (χ4v) is 3.01. The van der Waals surface area contributed by atoms with Crippen LogP contribution in [0.5, 0.6) is 11.5 Å². The molecule has 1 heterocycles. The van der Waals surface area contributed by atoms with E-state index in [0.717, 1.165) is 39.9 Å². The molecular formula is C15H17N3O2S. The lowest BCUT2D eigenvalue weighted by molar-refractivity contribution is 0.304. The maximum atomic E-state index is 7.65. The lowest BCUT2D eigenvalue weighted by Gasteiger charge is -2.04. The molecule has 1 saturated carbocycles. The van der Waals surface area contributed by atoms with Gasteiger partial charge in [-0.25, -0.2) is 4.98 Å². The molecule has 0 amide bonds. The molecule has 2 aromatic rings. The minimum absolute atomic E-state index is 0.102. The Morgan fingerprint density at radius 3 is 2.57 bits per heavy atom. The van der Waals surface area contributed by atoms with E-state index in [0.29, 0.717) is 12.5 Å². The molecule has 1 aromatic carbocycles. The molecule has 0 spiro atoms. The molecule has 3 N–H and O–H groups in total. The predicted octanol–water partition coefficient (Wildman–Crippen LogP) is 2.89. The number of rotatable bonds is 6. The molecule has 21 heavy (non-hydrogen) atoms. The van der Waals surface area contributed by atoms with Gasteiger partial charge in [0.05, 0.1) is 17.7 Å². The lowest BCUT2D eigenvalue weighted by atomic mass is 10.2. The SMILES string of the molecule is COc1ccc(OCc2nc(C3CC3)c(C(=N)N)s2)cc1. The van der Waals surface area contributed by atoms with Gasteiger partial charge in [0.25, 0.3) is 0 Å². The summed E-state index contributed by atoms with van der Waals surface area (Å²) in [5.74, 6) is 2.15. The van der Waals surface area contributed by atoms with Gasteiger partial charge in [0, 0.05) is 5.92 Å². The van der Waals surface area contributed by atoms with E-state index in [4.69, 9.17) is 20.6 Å². The molecule has 0 atom stereocenters. The topological polar surface area (TPSA) is 81.2 Å². The van der Waals surface area contributed by atoms with E-state index in [9.17, 15) is 0 Å². The van der Waals surface area contributed by atoms with E-state index in [1.54, 1.807) is 7.11 Å². The summed E-state index contributed by atoms with van der Waals surface area (Å²) in [5, 5.41) is 8.50. The summed E-state index contributed by atoms with van der Waals surface area (Å²) in [5.41, 5.74) is 6.60. The fourth-order valence-electron chi connectivity index (χ4n) is 2.08. The largest absolute Gasteiger partial charge is 0.497 e. The number of benzene rings is 1. The van der Waals surface area contributed by atoms with Crippen molar-refractivity contribution in [1.82, 2.24) is 4.98 Å². The summed E-state index contributed by atoms with van der Waals surface area (Å²) in [7, 11) is 1.63. The van der Waals surface area contributed by atoms with Crippen LogP contribution in [0.1, 0.15) is 34.3 Å². The summed E-state index contributed by atoms with van der Waals surface area (Å²) in [6.45, 7) is 0.393. The van der Waals surface area contributed by atoms with Crippen LogP contribution < -0.4 is 15.2 Å². The first kappa shape index (κ1) is 13.9. The quantitative estimate of drug-likeness (QED) is 0.635. The molecule has 110 valence electrons. The van der Waals surface area contributed by atoms with Crippen molar-refractivity contribution in [1.29, 1.82) is 5.41 Å². The Kier molecular flexibility index (Phi) is 3.79.